The molecule has 4 nitrogen and oxygen atoms in total. The summed E-state index contributed by atoms with van der Waals surface area (Å²) in [6.07, 6.45) is 0.410. The summed E-state index contributed by atoms with van der Waals surface area (Å²) < 4.78 is 36.0. The Kier molecular flexibility index (Phi) is 3.72. The molecule has 1 aromatic rings. The number of rotatable bonds is 2. The third-order valence-electron chi connectivity index (χ3n) is 2.75. The van der Waals surface area contributed by atoms with Crippen molar-refractivity contribution in [2.24, 2.45) is 0 Å². The van der Waals surface area contributed by atoms with Gasteiger partial charge >= 0.3 is 0 Å². The molecule has 2 rings (SSSR count). The highest BCUT2D eigenvalue weighted by Gasteiger charge is 2.29. The van der Waals surface area contributed by atoms with Crippen LogP contribution in [-0.2, 0) is 9.84 Å². The lowest BCUT2D eigenvalue weighted by Gasteiger charge is -2.10. The standard InChI is InChI=1S/C11H11BrFNO3S/c12-9-2-1-7(5-10(9)13)11(15)14-8-3-4-18(16,17)6-8/h1-2,5,8H,3-4,6H2,(H,14,15). The van der Waals surface area contributed by atoms with Crippen molar-refractivity contribution in [2.75, 3.05) is 11.5 Å². The molecule has 0 spiro atoms. The summed E-state index contributed by atoms with van der Waals surface area (Å²) in [5, 5.41) is 2.60. The molecule has 7 heteroatoms. The van der Waals surface area contributed by atoms with E-state index in [1.54, 1.807) is 0 Å². The van der Waals surface area contributed by atoms with Gasteiger partial charge in [-0.1, -0.05) is 0 Å². The van der Waals surface area contributed by atoms with E-state index in [4.69, 9.17) is 0 Å². The zero-order valence-corrected chi connectivity index (χ0v) is 11.7. The molecule has 1 fully saturated rings. The molecule has 0 aliphatic carbocycles. The van der Waals surface area contributed by atoms with Gasteiger partial charge in [-0.25, -0.2) is 12.8 Å². The number of carbonyl (C=O) groups is 1. The number of hydrogen-bond acceptors (Lipinski definition) is 3. The monoisotopic (exact) mass is 335 g/mol. The van der Waals surface area contributed by atoms with Crippen LogP contribution in [0.3, 0.4) is 0 Å². The second-order valence-corrected chi connectivity index (χ2v) is 7.29. The van der Waals surface area contributed by atoms with Gasteiger partial charge in [0.25, 0.3) is 5.91 Å². The summed E-state index contributed by atoms with van der Waals surface area (Å²) in [6, 6.07) is 3.65. The highest BCUT2D eigenvalue weighted by atomic mass is 79.9. The lowest BCUT2D eigenvalue weighted by atomic mass is 10.2. The first-order valence-corrected chi connectivity index (χ1v) is 7.95. The maximum atomic E-state index is 13.3. The topological polar surface area (TPSA) is 63.2 Å². The number of sulfone groups is 1. The fourth-order valence-electron chi connectivity index (χ4n) is 1.81. The summed E-state index contributed by atoms with van der Waals surface area (Å²) in [4.78, 5) is 11.8. The van der Waals surface area contributed by atoms with Crippen LogP contribution < -0.4 is 5.32 Å². The lowest BCUT2D eigenvalue weighted by molar-refractivity contribution is 0.0940. The van der Waals surface area contributed by atoms with Crippen molar-refractivity contribution < 1.29 is 17.6 Å². The third kappa shape index (κ3) is 3.08. The molecule has 0 radical (unpaired) electrons. The SMILES string of the molecule is O=C(NC1CCS(=O)(=O)C1)c1ccc(Br)c(F)c1. The molecule has 1 amide bonds. The van der Waals surface area contributed by atoms with E-state index in [0.29, 0.717) is 6.42 Å². The molecule has 1 N–H and O–H groups in total. The Bertz CT molecular complexity index is 588. The first kappa shape index (κ1) is 13.5. The van der Waals surface area contributed by atoms with Crippen molar-refractivity contribution in [1.29, 1.82) is 0 Å². The Balaban J connectivity index is 2.06. The molecule has 1 aliphatic heterocycles. The lowest BCUT2D eigenvalue weighted by Crippen LogP contribution is -2.35. The maximum absolute atomic E-state index is 13.3. The van der Waals surface area contributed by atoms with Crippen molar-refractivity contribution in [1.82, 2.24) is 5.32 Å². The van der Waals surface area contributed by atoms with Crippen LogP contribution in [0.15, 0.2) is 22.7 Å². The van der Waals surface area contributed by atoms with Gasteiger partial charge in [0, 0.05) is 11.6 Å². The minimum Gasteiger partial charge on any atom is -0.348 e. The first-order valence-electron chi connectivity index (χ1n) is 5.34. The number of benzene rings is 1. The van der Waals surface area contributed by atoms with Gasteiger partial charge in [-0.15, -0.1) is 0 Å². The molecule has 1 unspecified atom stereocenters. The van der Waals surface area contributed by atoms with Gasteiger partial charge in [-0.2, -0.15) is 0 Å². The Morgan fingerprint density at radius 1 is 1.44 bits per heavy atom. The molecule has 0 bridgehead atoms. The fraction of sp³-hybridized carbons (Fsp3) is 0.364. The van der Waals surface area contributed by atoms with Crippen molar-refractivity contribution >= 4 is 31.7 Å². The second-order valence-electron chi connectivity index (χ2n) is 4.20. The molecule has 1 heterocycles. The summed E-state index contributed by atoms with van der Waals surface area (Å²) in [7, 11) is -3.03. The van der Waals surface area contributed by atoms with Gasteiger partial charge in [-0.05, 0) is 40.5 Å². The van der Waals surface area contributed by atoms with Crippen LogP contribution in [0.4, 0.5) is 4.39 Å². The van der Waals surface area contributed by atoms with E-state index < -0.39 is 21.6 Å². The first-order chi connectivity index (χ1) is 8.37. The van der Waals surface area contributed by atoms with E-state index in [-0.39, 0.29) is 27.6 Å². The zero-order chi connectivity index (χ0) is 13.3. The third-order valence-corrected chi connectivity index (χ3v) is 5.16. The van der Waals surface area contributed by atoms with Gasteiger partial charge in [0.05, 0.1) is 16.0 Å². The quantitative estimate of drug-likeness (QED) is 0.890. The Hall–Kier alpha value is -0.950. The molecular formula is C11H11BrFNO3S. The van der Waals surface area contributed by atoms with Gasteiger partial charge in [0.1, 0.15) is 5.82 Å². The minimum absolute atomic E-state index is 0.0439. The molecule has 1 saturated heterocycles. The van der Waals surface area contributed by atoms with E-state index in [1.807, 2.05) is 0 Å². The van der Waals surface area contributed by atoms with Crippen molar-refractivity contribution in [3.63, 3.8) is 0 Å². The number of halogens is 2. The molecule has 98 valence electrons. The summed E-state index contributed by atoms with van der Waals surface area (Å²) >= 11 is 3.00. The van der Waals surface area contributed by atoms with Crippen LogP contribution in [0.5, 0.6) is 0 Å². The van der Waals surface area contributed by atoms with Crippen LogP contribution in [-0.4, -0.2) is 31.9 Å². The largest absolute Gasteiger partial charge is 0.348 e. The molecule has 18 heavy (non-hydrogen) atoms. The molecule has 1 aliphatic rings. The summed E-state index contributed by atoms with van der Waals surface area (Å²) in [5.41, 5.74) is 0.181. The van der Waals surface area contributed by atoms with Gasteiger partial charge in [0.2, 0.25) is 0 Å². The average Bonchev–Trinajstić information content (AvgIpc) is 2.62. The Morgan fingerprint density at radius 3 is 2.72 bits per heavy atom. The summed E-state index contributed by atoms with van der Waals surface area (Å²) in [5.74, 6) is -0.935. The van der Waals surface area contributed by atoms with Crippen molar-refractivity contribution in [3.05, 3.63) is 34.1 Å². The van der Waals surface area contributed by atoms with E-state index in [9.17, 15) is 17.6 Å². The van der Waals surface area contributed by atoms with E-state index in [2.05, 4.69) is 21.2 Å². The van der Waals surface area contributed by atoms with E-state index in [0.717, 1.165) is 6.07 Å². The fourth-order valence-corrected chi connectivity index (χ4v) is 3.73. The van der Waals surface area contributed by atoms with Crippen LogP contribution in [0, 0.1) is 5.82 Å². The maximum Gasteiger partial charge on any atom is 0.251 e. The Labute approximate surface area is 113 Å². The highest BCUT2D eigenvalue weighted by Crippen LogP contribution is 2.17. The number of nitrogens with one attached hydrogen (secondary N) is 1. The smallest absolute Gasteiger partial charge is 0.251 e. The molecule has 1 atom stereocenters. The number of hydrogen-bond donors (Lipinski definition) is 1. The Morgan fingerprint density at radius 2 is 2.17 bits per heavy atom. The predicted octanol–water partition coefficient (Wildman–Crippen LogP) is 1.51. The van der Waals surface area contributed by atoms with Crippen LogP contribution >= 0.6 is 15.9 Å². The van der Waals surface area contributed by atoms with Gasteiger partial charge < -0.3 is 5.32 Å². The number of carbonyl (C=O) groups excluding carboxylic acids is 1. The normalized spacial score (nSPS) is 21.8. The van der Waals surface area contributed by atoms with E-state index in [1.165, 1.54) is 12.1 Å². The van der Waals surface area contributed by atoms with Crippen LogP contribution in [0.1, 0.15) is 16.8 Å². The second kappa shape index (κ2) is 4.97. The number of amides is 1. The molecular weight excluding hydrogens is 325 g/mol. The minimum atomic E-state index is -3.03. The molecule has 1 aromatic carbocycles. The average molecular weight is 336 g/mol. The molecule has 0 aromatic heterocycles. The zero-order valence-electron chi connectivity index (χ0n) is 9.32. The van der Waals surface area contributed by atoms with Crippen molar-refractivity contribution in [3.8, 4) is 0 Å². The van der Waals surface area contributed by atoms with Crippen LogP contribution in [0.25, 0.3) is 0 Å². The van der Waals surface area contributed by atoms with Crippen molar-refractivity contribution in [2.45, 2.75) is 12.5 Å². The highest BCUT2D eigenvalue weighted by molar-refractivity contribution is 9.10. The molecule has 0 saturated carbocycles. The van der Waals surface area contributed by atoms with Gasteiger partial charge in [0.15, 0.2) is 9.84 Å². The van der Waals surface area contributed by atoms with Gasteiger partial charge in [-0.3, -0.25) is 4.79 Å². The van der Waals surface area contributed by atoms with Crippen LogP contribution in [0.2, 0.25) is 0 Å². The summed E-state index contributed by atoms with van der Waals surface area (Å²) in [6.45, 7) is 0. The predicted molar refractivity (Wildman–Crippen MR) is 68.6 cm³/mol. The van der Waals surface area contributed by atoms with E-state index >= 15 is 0 Å².